The van der Waals surface area contributed by atoms with Crippen molar-refractivity contribution in [1.29, 1.82) is 0 Å². The van der Waals surface area contributed by atoms with Crippen LogP contribution in [-0.2, 0) is 20.1 Å². The molecule has 2 aromatic carbocycles. The van der Waals surface area contributed by atoms with Crippen LogP contribution >= 0.6 is 0 Å². The normalized spacial score (nSPS) is 11.0. The topological polar surface area (TPSA) is 68.5 Å². The second-order valence-electron chi connectivity index (χ2n) is 6.49. The van der Waals surface area contributed by atoms with Crippen molar-refractivity contribution in [2.75, 3.05) is 0 Å². The first-order chi connectivity index (χ1) is 13.6. The van der Waals surface area contributed by atoms with Gasteiger partial charge in [-0.1, -0.05) is 31.2 Å². The average Bonchev–Trinajstić information content (AvgIpc) is 3.05. The Morgan fingerprint density at radius 1 is 1.21 bits per heavy atom. The van der Waals surface area contributed by atoms with Crippen molar-refractivity contribution in [3.63, 3.8) is 0 Å². The Balaban J connectivity index is 1.58. The molecule has 0 aliphatic heterocycles. The summed E-state index contributed by atoms with van der Waals surface area (Å²) in [5.74, 6) is 0.537. The van der Waals surface area contributed by atoms with Crippen LogP contribution in [0.25, 0.3) is 0 Å². The maximum absolute atomic E-state index is 12.3. The molecule has 3 rings (SSSR count). The van der Waals surface area contributed by atoms with Crippen molar-refractivity contribution < 1.29 is 9.53 Å². The number of benzene rings is 2. The van der Waals surface area contributed by atoms with Crippen molar-refractivity contribution >= 4 is 12.1 Å². The standard InChI is InChI=1S/C22H24N4O2/c1-4-17-8-10-21(11-9-17)28-15-18-6-5-7-19(12-18)22(27)25-23-13-20-14-24-26(3)16(20)2/h5-14H,4,15H2,1-3H3,(H,25,27)/b23-13+. The molecule has 144 valence electrons. The summed E-state index contributed by atoms with van der Waals surface area (Å²) in [6.07, 6.45) is 4.30. The van der Waals surface area contributed by atoms with E-state index in [9.17, 15) is 4.79 Å². The lowest BCUT2D eigenvalue weighted by atomic mass is 10.1. The smallest absolute Gasteiger partial charge is 0.271 e. The highest BCUT2D eigenvalue weighted by molar-refractivity contribution is 5.95. The molecule has 0 aliphatic carbocycles. The van der Waals surface area contributed by atoms with E-state index in [1.807, 2.05) is 38.2 Å². The van der Waals surface area contributed by atoms with Gasteiger partial charge in [-0.2, -0.15) is 10.2 Å². The van der Waals surface area contributed by atoms with Crippen LogP contribution in [0.15, 0.2) is 59.8 Å². The first-order valence-corrected chi connectivity index (χ1v) is 9.19. The molecule has 1 heterocycles. The van der Waals surface area contributed by atoms with Crippen LogP contribution in [0.5, 0.6) is 5.75 Å². The van der Waals surface area contributed by atoms with Gasteiger partial charge in [0.2, 0.25) is 0 Å². The Bertz CT molecular complexity index is 974. The van der Waals surface area contributed by atoms with E-state index in [0.717, 1.165) is 29.0 Å². The second-order valence-corrected chi connectivity index (χ2v) is 6.49. The van der Waals surface area contributed by atoms with Crippen molar-refractivity contribution in [1.82, 2.24) is 15.2 Å². The van der Waals surface area contributed by atoms with Gasteiger partial charge in [-0.15, -0.1) is 0 Å². The van der Waals surface area contributed by atoms with Crippen LogP contribution in [0.1, 0.15) is 39.7 Å². The third kappa shape index (κ3) is 4.85. The molecule has 1 aromatic heterocycles. The molecule has 0 spiro atoms. The highest BCUT2D eigenvalue weighted by Gasteiger charge is 2.06. The second kappa shape index (κ2) is 8.99. The van der Waals surface area contributed by atoms with Gasteiger partial charge in [0, 0.05) is 23.9 Å². The fourth-order valence-corrected chi connectivity index (χ4v) is 2.66. The molecule has 0 radical (unpaired) electrons. The molecule has 1 amide bonds. The highest BCUT2D eigenvalue weighted by Crippen LogP contribution is 2.15. The van der Waals surface area contributed by atoms with Gasteiger partial charge in [-0.25, -0.2) is 5.43 Å². The number of ether oxygens (including phenoxy) is 1. The first-order valence-electron chi connectivity index (χ1n) is 9.19. The third-order valence-corrected chi connectivity index (χ3v) is 4.57. The molecule has 0 aliphatic rings. The molecule has 1 N–H and O–H groups in total. The van der Waals surface area contributed by atoms with E-state index in [-0.39, 0.29) is 5.91 Å². The van der Waals surface area contributed by atoms with E-state index < -0.39 is 0 Å². The van der Waals surface area contributed by atoms with Crippen molar-refractivity contribution in [2.45, 2.75) is 26.9 Å². The number of nitrogens with zero attached hydrogens (tertiary/aromatic N) is 3. The van der Waals surface area contributed by atoms with E-state index in [1.165, 1.54) is 5.56 Å². The van der Waals surface area contributed by atoms with Crippen molar-refractivity contribution in [2.24, 2.45) is 12.1 Å². The summed E-state index contributed by atoms with van der Waals surface area (Å²) in [5.41, 5.74) is 7.10. The quantitative estimate of drug-likeness (QED) is 0.506. The fourth-order valence-electron chi connectivity index (χ4n) is 2.66. The zero-order valence-electron chi connectivity index (χ0n) is 16.3. The maximum atomic E-state index is 12.3. The lowest BCUT2D eigenvalue weighted by Gasteiger charge is -2.08. The molecule has 0 unspecified atom stereocenters. The average molecular weight is 376 g/mol. The predicted octanol–water partition coefficient (Wildman–Crippen LogP) is 3.63. The summed E-state index contributed by atoms with van der Waals surface area (Å²) in [6, 6.07) is 15.4. The summed E-state index contributed by atoms with van der Waals surface area (Å²) in [7, 11) is 1.86. The van der Waals surface area contributed by atoms with Gasteiger partial charge in [-0.05, 0) is 48.7 Å². The lowest BCUT2D eigenvalue weighted by molar-refractivity contribution is 0.0955. The van der Waals surface area contributed by atoms with Crippen molar-refractivity contribution in [3.8, 4) is 5.75 Å². The summed E-state index contributed by atoms with van der Waals surface area (Å²) in [4.78, 5) is 12.3. The summed E-state index contributed by atoms with van der Waals surface area (Å²) >= 11 is 0. The number of nitrogens with one attached hydrogen (secondary N) is 1. The Kier molecular flexibility index (Phi) is 6.22. The number of carbonyl (C=O) groups is 1. The molecule has 0 bridgehead atoms. The molecule has 0 saturated carbocycles. The number of rotatable bonds is 7. The zero-order valence-corrected chi connectivity index (χ0v) is 16.3. The molecule has 0 fully saturated rings. The highest BCUT2D eigenvalue weighted by atomic mass is 16.5. The van der Waals surface area contributed by atoms with Crippen molar-refractivity contribution in [3.05, 3.63) is 82.7 Å². The summed E-state index contributed by atoms with van der Waals surface area (Å²) < 4.78 is 7.56. The summed E-state index contributed by atoms with van der Waals surface area (Å²) in [6.45, 7) is 4.45. The van der Waals surface area contributed by atoms with Crippen LogP contribution in [0.3, 0.4) is 0 Å². The third-order valence-electron chi connectivity index (χ3n) is 4.57. The molecule has 3 aromatic rings. The minimum atomic E-state index is -0.271. The molecule has 28 heavy (non-hydrogen) atoms. The van der Waals surface area contributed by atoms with E-state index in [4.69, 9.17) is 4.74 Å². The SMILES string of the molecule is CCc1ccc(OCc2cccc(C(=O)N/N=C/c3cnn(C)c3C)c2)cc1. The van der Waals surface area contributed by atoms with Gasteiger partial charge < -0.3 is 4.74 Å². The number of hydrazone groups is 1. The van der Waals surface area contributed by atoms with E-state index in [2.05, 4.69) is 34.7 Å². The van der Waals surface area contributed by atoms with Gasteiger partial charge in [-0.3, -0.25) is 9.48 Å². The molecule has 6 nitrogen and oxygen atoms in total. The predicted molar refractivity (Wildman–Crippen MR) is 110 cm³/mol. The van der Waals surface area contributed by atoms with Crippen LogP contribution in [0.2, 0.25) is 0 Å². The summed E-state index contributed by atoms with van der Waals surface area (Å²) in [5, 5.41) is 8.16. The minimum Gasteiger partial charge on any atom is -0.489 e. The molecule has 6 heteroatoms. The Morgan fingerprint density at radius 2 is 2.00 bits per heavy atom. The number of hydrogen-bond donors (Lipinski definition) is 1. The van der Waals surface area contributed by atoms with Gasteiger partial charge in [0.1, 0.15) is 12.4 Å². The van der Waals surface area contributed by atoms with Gasteiger partial charge in [0.05, 0.1) is 12.4 Å². The van der Waals surface area contributed by atoms with Gasteiger partial charge >= 0.3 is 0 Å². The Labute approximate surface area is 164 Å². The number of amides is 1. The zero-order chi connectivity index (χ0) is 19.9. The monoisotopic (exact) mass is 376 g/mol. The van der Waals surface area contributed by atoms with E-state index in [1.54, 1.807) is 29.2 Å². The number of aryl methyl sites for hydroxylation is 2. The molecular formula is C22H24N4O2. The van der Waals surface area contributed by atoms with Crippen LogP contribution in [-0.4, -0.2) is 21.9 Å². The Hall–Kier alpha value is -3.41. The number of hydrogen-bond acceptors (Lipinski definition) is 4. The number of carbonyl (C=O) groups excluding carboxylic acids is 1. The van der Waals surface area contributed by atoms with E-state index >= 15 is 0 Å². The van der Waals surface area contributed by atoms with Gasteiger partial charge in [0.15, 0.2) is 0 Å². The lowest BCUT2D eigenvalue weighted by Crippen LogP contribution is -2.18. The minimum absolute atomic E-state index is 0.271. The molecule has 0 atom stereocenters. The fraction of sp³-hybridized carbons (Fsp3) is 0.227. The molecule has 0 saturated heterocycles. The van der Waals surface area contributed by atoms with Crippen LogP contribution in [0.4, 0.5) is 0 Å². The largest absolute Gasteiger partial charge is 0.489 e. The van der Waals surface area contributed by atoms with Gasteiger partial charge in [0.25, 0.3) is 5.91 Å². The maximum Gasteiger partial charge on any atom is 0.271 e. The Morgan fingerprint density at radius 3 is 2.68 bits per heavy atom. The number of aromatic nitrogens is 2. The van der Waals surface area contributed by atoms with Crippen LogP contribution < -0.4 is 10.2 Å². The van der Waals surface area contributed by atoms with Crippen LogP contribution in [0, 0.1) is 6.92 Å². The first kappa shape index (κ1) is 19.4. The van der Waals surface area contributed by atoms with E-state index in [0.29, 0.717) is 12.2 Å². The molecular weight excluding hydrogens is 352 g/mol.